The number of rotatable bonds is 2. The summed E-state index contributed by atoms with van der Waals surface area (Å²) in [4.78, 5) is 2.14. The molecule has 4 heteroatoms. The van der Waals surface area contributed by atoms with Crippen molar-refractivity contribution in [2.24, 2.45) is 0 Å². The molecule has 2 unspecified atom stereocenters. The van der Waals surface area contributed by atoms with Crippen molar-refractivity contribution in [1.29, 1.82) is 0 Å². The second-order valence-corrected chi connectivity index (χ2v) is 6.73. The maximum atomic E-state index is 14.0. The molecule has 1 aliphatic rings. The number of thioether (sulfide) groups is 1. The Morgan fingerprint density at radius 3 is 2.53 bits per heavy atom. The molecule has 1 aromatic rings. The molecule has 0 saturated carbocycles. The van der Waals surface area contributed by atoms with Gasteiger partial charge in [0.25, 0.3) is 0 Å². The summed E-state index contributed by atoms with van der Waals surface area (Å²) in [6.07, 6.45) is 0. The van der Waals surface area contributed by atoms with Crippen LogP contribution in [0.3, 0.4) is 0 Å². The van der Waals surface area contributed by atoms with Crippen LogP contribution in [0.2, 0.25) is 0 Å². The summed E-state index contributed by atoms with van der Waals surface area (Å²) < 4.78 is 14.0. The van der Waals surface area contributed by atoms with E-state index >= 15 is 0 Å². The van der Waals surface area contributed by atoms with E-state index in [0.29, 0.717) is 22.1 Å². The van der Waals surface area contributed by atoms with Crippen LogP contribution in [-0.2, 0) is 5.88 Å². The number of nitrogens with zero attached hydrogens (tertiary/aromatic N) is 1. The van der Waals surface area contributed by atoms with Crippen LogP contribution in [0.25, 0.3) is 0 Å². The molecule has 0 amide bonds. The summed E-state index contributed by atoms with van der Waals surface area (Å²) in [6.45, 7) is 6.20. The fourth-order valence-corrected chi connectivity index (χ4v) is 3.76. The van der Waals surface area contributed by atoms with Crippen LogP contribution in [0, 0.1) is 5.82 Å². The topological polar surface area (TPSA) is 3.24 Å². The van der Waals surface area contributed by atoms with E-state index in [1.807, 2.05) is 23.9 Å². The number of hydrogen-bond acceptors (Lipinski definition) is 2. The van der Waals surface area contributed by atoms with Crippen LogP contribution >= 0.6 is 23.4 Å². The lowest BCUT2D eigenvalue weighted by molar-refractivity contribution is 0.610. The third-order valence-electron chi connectivity index (χ3n) is 2.93. The third kappa shape index (κ3) is 3.08. The predicted molar refractivity (Wildman–Crippen MR) is 74.7 cm³/mol. The Hall–Kier alpha value is -0.410. The van der Waals surface area contributed by atoms with Crippen LogP contribution in [0.15, 0.2) is 18.2 Å². The normalized spacial score (nSPS) is 25.1. The van der Waals surface area contributed by atoms with Gasteiger partial charge in [-0.15, -0.1) is 11.6 Å². The molecule has 1 aromatic carbocycles. The van der Waals surface area contributed by atoms with Crippen molar-refractivity contribution in [1.82, 2.24) is 0 Å². The summed E-state index contributed by atoms with van der Waals surface area (Å²) >= 11 is 7.67. The first-order valence-electron chi connectivity index (χ1n) is 5.85. The summed E-state index contributed by atoms with van der Waals surface area (Å²) in [6, 6.07) is 5.30. The molecule has 1 fully saturated rings. The maximum absolute atomic E-state index is 14.0. The Balaban J connectivity index is 2.21. The first-order valence-corrected chi connectivity index (χ1v) is 7.32. The van der Waals surface area contributed by atoms with Crippen molar-refractivity contribution in [3.63, 3.8) is 0 Å². The zero-order valence-corrected chi connectivity index (χ0v) is 11.7. The van der Waals surface area contributed by atoms with Crippen molar-refractivity contribution in [2.75, 3.05) is 18.0 Å². The van der Waals surface area contributed by atoms with Gasteiger partial charge in [-0.05, 0) is 17.7 Å². The highest BCUT2D eigenvalue weighted by atomic mass is 35.5. The van der Waals surface area contributed by atoms with Crippen molar-refractivity contribution in [2.45, 2.75) is 30.2 Å². The van der Waals surface area contributed by atoms with Crippen molar-refractivity contribution < 1.29 is 4.39 Å². The smallest absolute Gasteiger partial charge is 0.146 e. The molecule has 0 N–H and O–H groups in total. The van der Waals surface area contributed by atoms with Gasteiger partial charge < -0.3 is 4.90 Å². The molecular formula is C13H17ClFNS. The highest BCUT2D eigenvalue weighted by molar-refractivity contribution is 8.00. The van der Waals surface area contributed by atoms with E-state index in [0.717, 1.165) is 18.7 Å². The molecule has 94 valence electrons. The van der Waals surface area contributed by atoms with E-state index in [4.69, 9.17) is 11.6 Å². The van der Waals surface area contributed by atoms with E-state index in [9.17, 15) is 4.39 Å². The van der Waals surface area contributed by atoms with Crippen molar-refractivity contribution >= 4 is 29.1 Å². The minimum absolute atomic E-state index is 0.158. The lowest BCUT2D eigenvalue weighted by Crippen LogP contribution is -2.40. The Morgan fingerprint density at radius 1 is 1.35 bits per heavy atom. The fourth-order valence-electron chi connectivity index (χ4n) is 2.26. The van der Waals surface area contributed by atoms with Gasteiger partial charge in [-0.25, -0.2) is 4.39 Å². The van der Waals surface area contributed by atoms with E-state index in [-0.39, 0.29) is 5.82 Å². The molecule has 2 rings (SSSR count). The summed E-state index contributed by atoms with van der Waals surface area (Å²) in [5.41, 5.74) is 1.54. The largest absolute Gasteiger partial charge is 0.367 e. The Kier molecular flexibility index (Phi) is 4.21. The molecule has 17 heavy (non-hydrogen) atoms. The molecule has 0 aromatic heterocycles. The Bertz CT molecular complexity index is 389. The molecule has 1 aliphatic heterocycles. The van der Waals surface area contributed by atoms with Crippen LogP contribution in [0.1, 0.15) is 19.4 Å². The fraction of sp³-hybridized carbons (Fsp3) is 0.538. The minimum atomic E-state index is -0.158. The molecule has 0 radical (unpaired) electrons. The molecule has 0 bridgehead atoms. The van der Waals surface area contributed by atoms with Gasteiger partial charge in [0, 0.05) is 29.5 Å². The number of alkyl halides is 1. The number of benzene rings is 1. The number of hydrogen-bond donors (Lipinski definition) is 0. The molecule has 2 atom stereocenters. The van der Waals surface area contributed by atoms with Crippen molar-refractivity contribution in [3.8, 4) is 0 Å². The lowest BCUT2D eigenvalue weighted by Gasteiger charge is -2.36. The van der Waals surface area contributed by atoms with E-state index < -0.39 is 0 Å². The molecule has 1 heterocycles. The van der Waals surface area contributed by atoms with Gasteiger partial charge in [0.15, 0.2) is 0 Å². The van der Waals surface area contributed by atoms with Crippen LogP contribution in [0.5, 0.6) is 0 Å². The van der Waals surface area contributed by atoms with Gasteiger partial charge in [-0.3, -0.25) is 0 Å². The van der Waals surface area contributed by atoms with Gasteiger partial charge in [-0.1, -0.05) is 19.9 Å². The van der Waals surface area contributed by atoms with E-state index in [1.165, 1.54) is 0 Å². The second-order valence-electron chi connectivity index (χ2n) is 4.58. The predicted octanol–water partition coefficient (Wildman–Crippen LogP) is 3.89. The second kappa shape index (κ2) is 5.49. The van der Waals surface area contributed by atoms with Crippen LogP contribution in [-0.4, -0.2) is 23.6 Å². The molecule has 0 aliphatic carbocycles. The lowest BCUT2D eigenvalue weighted by atomic mass is 10.2. The van der Waals surface area contributed by atoms with E-state index in [2.05, 4.69) is 18.7 Å². The summed E-state index contributed by atoms with van der Waals surface area (Å²) in [5.74, 6) is 0.203. The van der Waals surface area contributed by atoms with Gasteiger partial charge >= 0.3 is 0 Å². The number of anilines is 1. The maximum Gasteiger partial charge on any atom is 0.146 e. The quantitative estimate of drug-likeness (QED) is 0.752. The monoisotopic (exact) mass is 273 g/mol. The first kappa shape index (κ1) is 13.0. The third-order valence-corrected chi connectivity index (χ3v) is 4.46. The summed E-state index contributed by atoms with van der Waals surface area (Å²) in [7, 11) is 0. The molecule has 1 nitrogen and oxygen atoms in total. The standard InChI is InChI=1S/C13H17ClFNS/c1-9-7-16(8-10(2)17-9)13-4-3-11(6-14)5-12(13)15/h3-5,9-10H,6-8H2,1-2H3. The molecular weight excluding hydrogens is 257 g/mol. The highest BCUT2D eigenvalue weighted by Crippen LogP contribution is 2.30. The number of halogens is 2. The van der Waals surface area contributed by atoms with E-state index in [1.54, 1.807) is 6.07 Å². The molecule has 0 spiro atoms. The zero-order chi connectivity index (χ0) is 12.4. The first-order chi connectivity index (χ1) is 8.10. The SMILES string of the molecule is CC1CN(c2ccc(CCl)cc2F)CC(C)S1. The summed E-state index contributed by atoms with van der Waals surface area (Å²) in [5, 5.41) is 1.09. The van der Waals surface area contributed by atoms with Crippen LogP contribution in [0.4, 0.5) is 10.1 Å². The highest BCUT2D eigenvalue weighted by Gasteiger charge is 2.24. The average Bonchev–Trinajstić information content (AvgIpc) is 2.27. The Labute approximate surface area is 111 Å². The Morgan fingerprint density at radius 2 is 2.00 bits per heavy atom. The van der Waals surface area contributed by atoms with Gasteiger partial charge in [0.1, 0.15) is 5.82 Å². The van der Waals surface area contributed by atoms with Gasteiger partial charge in [-0.2, -0.15) is 11.8 Å². The van der Waals surface area contributed by atoms with Gasteiger partial charge in [0.05, 0.1) is 5.69 Å². The zero-order valence-electron chi connectivity index (χ0n) is 10.1. The molecule has 1 saturated heterocycles. The van der Waals surface area contributed by atoms with Crippen LogP contribution < -0.4 is 4.90 Å². The van der Waals surface area contributed by atoms with Crippen molar-refractivity contribution in [3.05, 3.63) is 29.6 Å². The average molecular weight is 274 g/mol. The minimum Gasteiger partial charge on any atom is -0.367 e. The van der Waals surface area contributed by atoms with Gasteiger partial charge in [0.2, 0.25) is 0 Å².